The van der Waals surface area contributed by atoms with Crippen molar-refractivity contribution < 1.29 is 9.18 Å². The molecule has 0 N–H and O–H groups in total. The molecule has 0 amide bonds. The molecule has 0 aliphatic carbocycles. The predicted octanol–water partition coefficient (Wildman–Crippen LogP) is 4.25. The van der Waals surface area contributed by atoms with Gasteiger partial charge in [0.25, 0.3) is 0 Å². The van der Waals surface area contributed by atoms with Crippen LogP contribution in [0.1, 0.15) is 35.8 Å². The van der Waals surface area contributed by atoms with Gasteiger partial charge in [-0.2, -0.15) is 5.10 Å². The topological polar surface area (TPSA) is 34.9 Å². The largest absolute Gasteiger partial charge is 0.298 e. The summed E-state index contributed by atoms with van der Waals surface area (Å²) in [5.41, 5.74) is 0.819. The van der Waals surface area contributed by atoms with Gasteiger partial charge in [0.15, 0.2) is 6.29 Å². The summed E-state index contributed by atoms with van der Waals surface area (Å²) in [5, 5.41) is 4.44. The van der Waals surface area contributed by atoms with Crippen molar-refractivity contribution in [1.82, 2.24) is 9.78 Å². The van der Waals surface area contributed by atoms with E-state index in [2.05, 4.69) is 5.10 Å². The van der Waals surface area contributed by atoms with Crippen molar-refractivity contribution in [1.29, 1.82) is 0 Å². The van der Waals surface area contributed by atoms with E-state index in [9.17, 15) is 9.18 Å². The number of aldehydes is 1. The van der Waals surface area contributed by atoms with Gasteiger partial charge in [-0.15, -0.1) is 0 Å². The highest BCUT2D eigenvalue weighted by Gasteiger charge is 2.22. The Morgan fingerprint density at radius 2 is 2.05 bits per heavy atom. The maximum Gasteiger partial charge on any atom is 0.155 e. The number of para-hydroxylation sites is 1. The number of aromatic nitrogens is 2. The van der Waals surface area contributed by atoms with E-state index < -0.39 is 5.82 Å². The fourth-order valence-corrected chi connectivity index (χ4v) is 2.31. The van der Waals surface area contributed by atoms with E-state index in [-0.39, 0.29) is 27.3 Å². The fourth-order valence-electron chi connectivity index (χ4n) is 1.80. The van der Waals surface area contributed by atoms with E-state index in [4.69, 9.17) is 23.2 Å². The average molecular weight is 301 g/mol. The summed E-state index contributed by atoms with van der Waals surface area (Å²) in [4.78, 5) is 11.1. The first-order valence-electron chi connectivity index (χ1n) is 5.65. The first-order chi connectivity index (χ1) is 8.97. The summed E-state index contributed by atoms with van der Waals surface area (Å²) >= 11 is 12.1. The predicted molar refractivity (Wildman–Crippen MR) is 73.0 cm³/mol. The molecule has 1 aromatic carbocycles. The zero-order chi connectivity index (χ0) is 14.2. The quantitative estimate of drug-likeness (QED) is 0.794. The summed E-state index contributed by atoms with van der Waals surface area (Å²) in [7, 11) is 0. The fraction of sp³-hybridized carbons (Fsp3) is 0.231. The molecule has 6 heteroatoms. The van der Waals surface area contributed by atoms with Crippen LogP contribution in [0, 0.1) is 5.82 Å². The molecule has 0 fully saturated rings. The molecule has 3 nitrogen and oxygen atoms in total. The minimum atomic E-state index is -0.551. The Morgan fingerprint density at radius 1 is 1.37 bits per heavy atom. The van der Waals surface area contributed by atoms with E-state index in [0.29, 0.717) is 12.0 Å². The van der Waals surface area contributed by atoms with Gasteiger partial charge in [0, 0.05) is 0 Å². The van der Waals surface area contributed by atoms with Gasteiger partial charge in [0.05, 0.1) is 16.3 Å². The van der Waals surface area contributed by atoms with Gasteiger partial charge in [-0.1, -0.05) is 43.1 Å². The van der Waals surface area contributed by atoms with Crippen LogP contribution in [0.15, 0.2) is 18.2 Å². The highest BCUT2D eigenvalue weighted by Crippen LogP contribution is 2.31. The lowest BCUT2D eigenvalue weighted by Gasteiger charge is -2.06. The van der Waals surface area contributed by atoms with Crippen molar-refractivity contribution in [2.24, 2.45) is 0 Å². The third kappa shape index (κ3) is 2.38. The lowest BCUT2D eigenvalue weighted by Crippen LogP contribution is -2.02. The third-order valence-electron chi connectivity index (χ3n) is 2.71. The molecule has 0 bridgehead atoms. The van der Waals surface area contributed by atoms with Crippen LogP contribution in [0.3, 0.4) is 0 Å². The lowest BCUT2D eigenvalue weighted by molar-refractivity contribution is 0.112. The van der Waals surface area contributed by atoms with Crippen molar-refractivity contribution >= 4 is 29.5 Å². The Morgan fingerprint density at radius 3 is 2.53 bits per heavy atom. The molecule has 0 unspecified atom stereocenters. The number of halogens is 3. The monoisotopic (exact) mass is 300 g/mol. The molecule has 0 aliphatic rings. The zero-order valence-corrected chi connectivity index (χ0v) is 11.8. The number of hydrogen-bond donors (Lipinski definition) is 0. The highest BCUT2D eigenvalue weighted by molar-refractivity contribution is 6.34. The highest BCUT2D eigenvalue weighted by atomic mass is 35.5. The van der Waals surface area contributed by atoms with E-state index in [1.807, 2.05) is 13.8 Å². The van der Waals surface area contributed by atoms with Crippen molar-refractivity contribution in [3.63, 3.8) is 0 Å². The smallest absolute Gasteiger partial charge is 0.155 e. The molecule has 0 aliphatic heterocycles. The molecule has 1 aromatic heterocycles. The van der Waals surface area contributed by atoms with Crippen LogP contribution in [-0.2, 0) is 0 Å². The molecule has 0 atom stereocenters. The summed E-state index contributed by atoms with van der Waals surface area (Å²) in [6.07, 6.45) is 0.621. The Balaban J connectivity index is 2.74. The summed E-state index contributed by atoms with van der Waals surface area (Å²) in [6, 6.07) is 4.28. The molecular formula is C13H11Cl2FN2O. The standard InChI is InChI=1S/C13H11Cl2FN2O/c1-7(2)11-8(6-19)13(15)18(17-11)12-9(14)4-3-5-10(12)16/h3-7H,1-2H3. The average Bonchev–Trinajstić information content (AvgIpc) is 2.67. The first-order valence-corrected chi connectivity index (χ1v) is 6.41. The van der Waals surface area contributed by atoms with Gasteiger partial charge >= 0.3 is 0 Å². The van der Waals surface area contributed by atoms with Crippen LogP contribution >= 0.6 is 23.2 Å². The molecular weight excluding hydrogens is 290 g/mol. The van der Waals surface area contributed by atoms with Crippen molar-refractivity contribution in [2.45, 2.75) is 19.8 Å². The summed E-state index contributed by atoms with van der Waals surface area (Å²) < 4.78 is 15.0. The van der Waals surface area contributed by atoms with Gasteiger partial charge < -0.3 is 0 Å². The van der Waals surface area contributed by atoms with Crippen molar-refractivity contribution in [3.05, 3.63) is 45.4 Å². The van der Waals surface area contributed by atoms with Gasteiger partial charge in [-0.3, -0.25) is 4.79 Å². The maximum absolute atomic E-state index is 13.9. The lowest BCUT2D eigenvalue weighted by atomic mass is 10.1. The van der Waals surface area contributed by atoms with Crippen molar-refractivity contribution in [2.75, 3.05) is 0 Å². The summed E-state index contributed by atoms with van der Waals surface area (Å²) in [5.74, 6) is -0.561. The minimum absolute atomic E-state index is 0.00972. The van der Waals surface area contributed by atoms with Gasteiger partial charge in [0.1, 0.15) is 16.7 Å². The molecule has 19 heavy (non-hydrogen) atoms. The van der Waals surface area contributed by atoms with Crippen LogP contribution in [-0.4, -0.2) is 16.1 Å². The number of benzene rings is 1. The molecule has 0 saturated carbocycles. The third-order valence-corrected chi connectivity index (χ3v) is 3.37. The number of carbonyl (C=O) groups is 1. The van der Waals surface area contributed by atoms with Crippen LogP contribution in [0.5, 0.6) is 0 Å². The Labute approximate surface area is 119 Å². The summed E-state index contributed by atoms with van der Waals surface area (Å²) in [6.45, 7) is 3.75. The number of rotatable bonds is 3. The van der Waals surface area contributed by atoms with E-state index in [1.54, 1.807) is 0 Å². The second-order valence-corrected chi connectivity index (χ2v) is 5.11. The molecule has 2 rings (SSSR count). The van der Waals surface area contributed by atoms with Crippen LogP contribution in [0.25, 0.3) is 5.69 Å². The normalized spacial score (nSPS) is 11.1. The van der Waals surface area contributed by atoms with Gasteiger partial charge in [-0.05, 0) is 18.1 Å². The zero-order valence-electron chi connectivity index (χ0n) is 10.3. The Kier molecular flexibility index (Phi) is 3.92. The second kappa shape index (κ2) is 5.31. The van der Waals surface area contributed by atoms with Gasteiger partial charge in [-0.25, -0.2) is 9.07 Å². The molecule has 0 saturated heterocycles. The molecule has 2 aromatic rings. The molecule has 1 heterocycles. The Bertz CT molecular complexity index is 618. The number of hydrogen-bond acceptors (Lipinski definition) is 2. The SMILES string of the molecule is CC(C)c1nn(-c2c(F)cccc2Cl)c(Cl)c1C=O. The second-order valence-electron chi connectivity index (χ2n) is 4.34. The Hall–Kier alpha value is -1.39. The molecule has 0 spiro atoms. The van der Waals surface area contributed by atoms with Crippen molar-refractivity contribution in [3.8, 4) is 5.69 Å². The number of carbonyl (C=O) groups excluding carboxylic acids is 1. The van der Waals surface area contributed by atoms with E-state index >= 15 is 0 Å². The van der Waals surface area contributed by atoms with Crippen LogP contribution in [0.4, 0.5) is 4.39 Å². The van der Waals surface area contributed by atoms with Crippen LogP contribution in [0.2, 0.25) is 10.2 Å². The van der Waals surface area contributed by atoms with E-state index in [1.165, 1.54) is 18.2 Å². The minimum Gasteiger partial charge on any atom is -0.298 e. The van der Waals surface area contributed by atoms with E-state index in [0.717, 1.165) is 4.68 Å². The molecule has 100 valence electrons. The maximum atomic E-state index is 13.9. The molecule has 0 radical (unpaired) electrons. The number of nitrogens with zero attached hydrogens (tertiary/aromatic N) is 2. The first kappa shape index (κ1) is 14.0. The van der Waals surface area contributed by atoms with Crippen LogP contribution < -0.4 is 0 Å². The van der Waals surface area contributed by atoms with Gasteiger partial charge in [0.2, 0.25) is 0 Å².